The topological polar surface area (TPSA) is 105 Å². The number of hydrogen-bond donors (Lipinski definition) is 2. The zero-order chi connectivity index (χ0) is 20.0. The Bertz CT molecular complexity index is 1060. The molecule has 142 valence electrons. The van der Waals surface area contributed by atoms with Gasteiger partial charge in [-0.15, -0.1) is 0 Å². The predicted molar refractivity (Wildman–Crippen MR) is 102 cm³/mol. The molecule has 1 fully saturated rings. The van der Waals surface area contributed by atoms with E-state index in [9.17, 15) is 19.5 Å². The number of nitrogens with one attached hydrogen (secondary N) is 1. The van der Waals surface area contributed by atoms with E-state index in [1.54, 1.807) is 6.07 Å². The molecule has 0 bridgehead atoms. The van der Waals surface area contributed by atoms with Gasteiger partial charge in [0, 0.05) is 6.07 Å². The highest BCUT2D eigenvalue weighted by atomic mass is 79.9. The molecule has 2 N–H and O–H groups in total. The van der Waals surface area contributed by atoms with Crippen molar-refractivity contribution in [2.45, 2.75) is 0 Å². The number of phenols is 1. The van der Waals surface area contributed by atoms with Gasteiger partial charge in [0.25, 0.3) is 11.8 Å². The maximum absolute atomic E-state index is 12.9. The summed E-state index contributed by atoms with van der Waals surface area (Å²) in [4.78, 5) is 38.2. The van der Waals surface area contributed by atoms with Crippen molar-refractivity contribution in [1.29, 1.82) is 0 Å². The molecule has 1 saturated heterocycles. The maximum Gasteiger partial charge on any atom is 0.335 e. The first kappa shape index (κ1) is 18.3. The normalized spacial score (nSPS) is 17.3. The number of urea groups is 1. The number of ether oxygens (including phenoxy) is 2. The molecule has 2 aliphatic rings. The van der Waals surface area contributed by atoms with Crippen LogP contribution in [-0.2, 0) is 9.59 Å². The number of amides is 4. The summed E-state index contributed by atoms with van der Waals surface area (Å²) in [5.74, 6) is -0.945. The van der Waals surface area contributed by atoms with Crippen LogP contribution < -0.4 is 19.7 Å². The van der Waals surface area contributed by atoms with Crippen LogP contribution in [0.1, 0.15) is 5.56 Å². The van der Waals surface area contributed by atoms with Crippen molar-refractivity contribution < 1.29 is 29.0 Å². The summed E-state index contributed by atoms with van der Waals surface area (Å²) in [5, 5.41) is 11.9. The third kappa shape index (κ3) is 3.08. The number of barbiturate groups is 1. The monoisotopic (exact) mass is 464 g/mol. The number of benzene rings is 2. The van der Waals surface area contributed by atoms with Crippen LogP contribution in [0.4, 0.5) is 10.5 Å². The third-order valence-corrected chi connectivity index (χ3v) is 4.96. The highest BCUT2D eigenvalue weighted by molar-refractivity contribution is 9.10. The zero-order valence-electron chi connectivity index (χ0n) is 13.9. The molecule has 0 radical (unpaired) electrons. The van der Waals surface area contributed by atoms with Crippen molar-refractivity contribution in [1.82, 2.24) is 5.32 Å². The van der Waals surface area contributed by atoms with Crippen LogP contribution >= 0.6 is 27.5 Å². The largest absolute Gasteiger partial charge is 0.505 e. The molecule has 8 nitrogen and oxygen atoms in total. The van der Waals surface area contributed by atoms with E-state index in [0.717, 1.165) is 4.90 Å². The molecule has 0 unspecified atom stereocenters. The summed E-state index contributed by atoms with van der Waals surface area (Å²) in [7, 11) is 0. The standard InChI is InChI=1S/C18H10BrClN2O6/c19-11-4-8(5-12(20)15(11)23)3-10-16(24)21-18(26)22(17(10)25)9-1-2-13-14(6-9)28-7-27-13/h1-6,23H,7H2,(H,21,24,26)/b10-3+. The lowest BCUT2D eigenvalue weighted by Crippen LogP contribution is -2.54. The van der Waals surface area contributed by atoms with Gasteiger partial charge in [-0.1, -0.05) is 11.6 Å². The first-order chi connectivity index (χ1) is 13.3. The average molecular weight is 466 g/mol. The van der Waals surface area contributed by atoms with E-state index in [1.165, 1.54) is 30.3 Å². The van der Waals surface area contributed by atoms with Crippen LogP contribution in [0.2, 0.25) is 5.02 Å². The van der Waals surface area contributed by atoms with Crippen molar-refractivity contribution in [3.8, 4) is 17.2 Å². The number of nitrogens with zero attached hydrogens (tertiary/aromatic N) is 1. The summed E-state index contributed by atoms with van der Waals surface area (Å²) in [6.45, 7) is 0.0407. The zero-order valence-corrected chi connectivity index (χ0v) is 16.2. The van der Waals surface area contributed by atoms with E-state index in [-0.39, 0.29) is 28.8 Å². The van der Waals surface area contributed by atoms with Gasteiger partial charge in [0.2, 0.25) is 6.79 Å². The van der Waals surface area contributed by atoms with E-state index in [0.29, 0.717) is 21.5 Å². The van der Waals surface area contributed by atoms with Gasteiger partial charge < -0.3 is 14.6 Å². The Morgan fingerprint density at radius 3 is 2.64 bits per heavy atom. The van der Waals surface area contributed by atoms with Crippen LogP contribution in [0.3, 0.4) is 0 Å². The van der Waals surface area contributed by atoms with Gasteiger partial charge in [0.05, 0.1) is 15.2 Å². The van der Waals surface area contributed by atoms with Crippen LogP contribution in [0.15, 0.2) is 40.4 Å². The Hall–Kier alpha value is -3.04. The Morgan fingerprint density at radius 2 is 1.89 bits per heavy atom. The van der Waals surface area contributed by atoms with Gasteiger partial charge in [-0.3, -0.25) is 14.9 Å². The van der Waals surface area contributed by atoms with Gasteiger partial charge >= 0.3 is 6.03 Å². The molecule has 0 aliphatic carbocycles. The fourth-order valence-electron chi connectivity index (χ4n) is 2.75. The molecule has 10 heteroatoms. The Balaban J connectivity index is 1.74. The van der Waals surface area contributed by atoms with Crippen LogP contribution in [0, 0.1) is 0 Å². The van der Waals surface area contributed by atoms with Crippen molar-refractivity contribution >= 4 is 57.1 Å². The fourth-order valence-corrected chi connectivity index (χ4v) is 3.57. The second-order valence-corrected chi connectivity index (χ2v) is 7.09. The summed E-state index contributed by atoms with van der Waals surface area (Å²) in [5.41, 5.74) is 0.328. The van der Waals surface area contributed by atoms with Gasteiger partial charge in [0.1, 0.15) is 11.3 Å². The number of halogens is 2. The van der Waals surface area contributed by atoms with Crippen molar-refractivity contribution in [2.75, 3.05) is 11.7 Å². The molecule has 2 aliphatic heterocycles. The molecule has 2 aromatic rings. The highest BCUT2D eigenvalue weighted by Crippen LogP contribution is 2.37. The minimum atomic E-state index is -0.879. The molecular weight excluding hydrogens is 456 g/mol. The Kier molecular flexibility index (Phi) is 4.48. The molecular formula is C18H10BrClN2O6. The SMILES string of the molecule is O=C1NC(=O)N(c2ccc3c(c2)OCO3)C(=O)/C1=C/c1cc(Cl)c(O)c(Br)c1. The van der Waals surface area contributed by atoms with E-state index >= 15 is 0 Å². The number of imide groups is 2. The lowest BCUT2D eigenvalue weighted by Gasteiger charge is -2.26. The lowest BCUT2D eigenvalue weighted by molar-refractivity contribution is -0.122. The smallest absolute Gasteiger partial charge is 0.335 e. The predicted octanol–water partition coefficient (Wildman–Crippen LogP) is 3.20. The van der Waals surface area contributed by atoms with Gasteiger partial charge in [0.15, 0.2) is 11.5 Å². The molecule has 0 aromatic heterocycles. The number of anilines is 1. The number of aromatic hydroxyl groups is 1. The summed E-state index contributed by atoms with van der Waals surface area (Å²) >= 11 is 9.07. The van der Waals surface area contributed by atoms with Gasteiger partial charge in [-0.2, -0.15) is 0 Å². The van der Waals surface area contributed by atoms with E-state index in [2.05, 4.69) is 21.2 Å². The quantitative estimate of drug-likeness (QED) is 0.521. The number of hydrogen-bond acceptors (Lipinski definition) is 6. The number of fused-ring (bicyclic) bond motifs is 1. The van der Waals surface area contributed by atoms with Crippen LogP contribution in [0.5, 0.6) is 17.2 Å². The summed E-state index contributed by atoms with van der Waals surface area (Å²) < 4.78 is 10.8. The van der Waals surface area contributed by atoms with E-state index in [1.807, 2.05) is 0 Å². The second-order valence-electron chi connectivity index (χ2n) is 5.83. The Labute approximate surface area is 171 Å². The summed E-state index contributed by atoms with van der Waals surface area (Å²) in [6, 6.07) is 6.53. The van der Waals surface area contributed by atoms with Crippen molar-refractivity contribution in [3.63, 3.8) is 0 Å². The summed E-state index contributed by atoms with van der Waals surface area (Å²) in [6.07, 6.45) is 1.28. The maximum atomic E-state index is 12.9. The number of rotatable bonds is 2. The second kappa shape index (κ2) is 6.84. The number of phenolic OH excluding ortho intramolecular Hbond substituents is 1. The van der Waals surface area contributed by atoms with Gasteiger partial charge in [-0.25, -0.2) is 9.69 Å². The number of carbonyl (C=O) groups is 3. The molecule has 4 rings (SSSR count). The number of carbonyl (C=O) groups excluding carboxylic acids is 3. The molecule has 4 amide bonds. The first-order valence-electron chi connectivity index (χ1n) is 7.84. The van der Waals surface area contributed by atoms with E-state index < -0.39 is 17.8 Å². The van der Waals surface area contributed by atoms with Crippen molar-refractivity contribution in [2.24, 2.45) is 0 Å². The third-order valence-electron chi connectivity index (χ3n) is 4.07. The molecule has 0 saturated carbocycles. The van der Waals surface area contributed by atoms with E-state index in [4.69, 9.17) is 21.1 Å². The minimum Gasteiger partial charge on any atom is -0.505 e. The van der Waals surface area contributed by atoms with Gasteiger partial charge in [-0.05, 0) is 51.8 Å². The Morgan fingerprint density at radius 1 is 1.14 bits per heavy atom. The first-order valence-corrected chi connectivity index (χ1v) is 9.01. The minimum absolute atomic E-state index is 0.0357. The molecule has 2 aromatic carbocycles. The average Bonchev–Trinajstić information content (AvgIpc) is 3.11. The fraction of sp³-hybridized carbons (Fsp3) is 0.0556. The van der Waals surface area contributed by atoms with Crippen molar-refractivity contribution in [3.05, 3.63) is 51.0 Å². The lowest BCUT2D eigenvalue weighted by atomic mass is 10.1. The molecule has 28 heavy (non-hydrogen) atoms. The molecule has 0 spiro atoms. The van der Waals surface area contributed by atoms with Crippen LogP contribution in [-0.4, -0.2) is 29.7 Å². The molecule has 2 heterocycles. The highest BCUT2D eigenvalue weighted by Gasteiger charge is 2.37. The molecule has 0 atom stereocenters. The van der Waals surface area contributed by atoms with Crippen LogP contribution in [0.25, 0.3) is 6.08 Å².